The number of pyridine rings is 1. The lowest BCUT2D eigenvalue weighted by Gasteiger charge is -2.23. The third-order valence-electron chi connectivity index (χ3n) is 1.60. The smallest absolute Gasteiger partial charge is 0.241 e. The minimum Gasteiger partial charge on any atom is -0.379 e. The molecule has 0 spiro atoms. The second kappa shape index (κ2) is 3.79. The minimum atomic E-state index is -3.73. The summed E-state index contributed by atoms with van der Waals surface area (Å²) < 4.78 is 22.5. The predicted octanol–water partition coefficient (Wildman–Crippen LogP) is 0.939. The predicted molar refractivity (Wildman–Crippen MR) is 59.0 cm³/mol. The van der Waals surface area contributed by atoms with E-state index in [-0.39, 0.29) is 10.4 Å². The molecule has 1 heterocycles. The normalized spacial score (nSPS) is 12.5. The molecule has 1 rings (SSSR count). The molecule has 6 heteroatoms. The number of nitrogens with two attached hydrogens (primary N) is 1. The first kappa shape index (κ1) is 11.9. The highest BCUT2D eigenvalue weighted by atomic mass is 32.2. The van der Waals surface area contributed by atoms with Crippen molar-refractivity contribution in [1.82, 2.24) is 4.98 Å². The Morgan fingerprint density at radius 2 is 2.00 bits per heavy atom. The van der Waals surface area contributed by atoms with Crippen LogP contribution in [0, 0.1) is 0 Å². The fraction of sp³-hybridized carbons (Fsp3) is 0.444. The number of aromatic nitrogens is 1. The zero-order valence-corrected chi connectivity index (χ0v) is 9.80. The third-order valence-corrected chi connectivity index (χ3v) is 2.54. The van der Waals surface area contributed by atoms with Crippen molar-refractivity contribution in [3.05, 3.63) is 18.5 Å². The molecule has 0 unspecified atom stereocenters. The Balaban J connectivity index is 3.20. The number of rotatable bonds is 2. The Bertz CT molecular complexity index is 449. The van der Waals surface area contributed by atoms with Gasteiger partial charge in [0.15, 0.2) is 0 Å². The van der Waals surface area contributed by atoms with E-state index < -0.39 is 10.0 Å². The van der Waals surface area contributed by atoms with Gasteiger partial charge in [-0.1, -0.05) is 0 Å². The molecule has 0 aliphatic heterocycles. The average molecular weight is 229 g/mol. The number of primary sulfonamides is 1. The Hall–Kier alpha value is -1.14. The molecule has 1 aromatic rings. The lowest BCUT2D eigenvalue weighted by Crippen LogP contribution is -2.28. The molecule has 0 radical (unpaired) electrons. The van der Waals surface area contributed by atoms with Gasteiger partial charge in [-0.05, 0) is 26.8 Å². The van der Waals surface area contributed by atoms with E-state index >= 15 is 0 Å². The highest BCUT2D eigenvalue weighted by Crippen LogP contribution is 2.21. The van der Waals surface area contributed by atoms with Crippen LogP contribution in [0.25, 0.3) is 0 Å². The van der Waals surface area contributed by atoms with Crippen LogP contribution < -0.4 is 10.5 Å². The van der Waals surface area contributed by atoms with Gasteiger partial charge in [-0.3, -0.25) is 4.98 Å². The highest BCUT2D eigenvalue weighted by molar-refractivity contribution is 7.89. The van der Waals surface area contributed by atoms with Crippen molar-refractivity contribution < 1.29 is 8.42 Å². The maximum Gasteiger partial charge on any atom is 0.241 e. The van der Waals surface area contributed by atoms with Gasteiger partial charge in [-0.2, -0.15) is 0 Å². The van der Waals surface area contributed by atoms with Crippen LogP contribution >= 0.6 is 0 Å². The van der Waals surface area contributed by atoms with E-state index in [2.05, 4.69) is 10.3 Å². The molecule has 0 atom stereocenters. The fourth-order valence-electron chi connectivity index (χ4n) is 1.11. The molecule has 0 saturated heterocycles. The maximum atomic E-state index is 11.2. The monoisotopic (exact) mass is 229 g/mol. The van der Waals surface area contributed by atoms with E-state index in [0.29, 0.717) is 5.69 Å². The second-order valence-corrected chi connectivity index (χ2v) is 5.82. The summed E-state index contributed by atoms with van der Waals surface area (Å²) in [6, 6.07) is 1.59. The molecule has 0 bridgehead atoms. The molecule has 0 saturated carbocycles. The van der Waals surface area contributed by atoms with Gasteiger partial charge in [0.2, 0.25) is 10.0 Å². The SMILES string of the molecule is CC(C)(C)Nc1ccncc1S(N)(=O)=O. The summed E-state index contributed by atoms with van der Waals surface area (Å²) in [7, 11) is -3.73. The topological polar surface area (TPSA) is 85.1 Å². The van der Waals surface area contributed by atoms with Crippen molar-refractivity contribution in [3.63, 3.8) is 0 Å². The molecule has 0 aliphatic carbocycles. The van der Waals surface area contributed by atoms with Gasteiger partial charge in [-0.15, -0.1) is 0 Å². The van der Waals surface area contributed by atoms with Gasteiger partial charge in [-0.25, -0.2) is 13.6 Å². The van der Waals surface area contributed by atoms with E-state index in [1.54, 1.807) is 6.07 Å². The molecule has 84 valence electrons. The Labute approximate surface area is 89.8 Å². The zero-order chi connectivity index (χ0) is 11.7. The Kier molecular flexibility index (Phi) is 3.01. The largest absolute Gasteiger partial charge is 0.379 e. The van der Waals surface area contributed by atoms with Crippen molar-refractivity contribution in [3.8, 4) is 0 Å². The lowest BCUT2D eigenvalue weighted by molar-refractivity contribution is 0.595. The van der Waals surface area contributed by atoms with Crippen molar-refractivity contribution in [2.45, 2.75) is 31.2 Å². The van der Waals surface area contributed by atoms with Crippen LogP contribution in [0.3, 0.4) is 0 Å². The van der Waals surface area contributed by atoms with Gasteiger partial charge in [0.1, 0.15) is 4.90 Å². The number of nitrogens with zero attached hydrogens (tertiary/aromatic N) is 1. The molecule has 0 aliphatic rings. The molecule has 0 fully saturated rings. The summed E-state index contributed by atoms with van der Waals surface area (Å²) in [6.07, 6.45) is 2.76. The van der Waals surface area contributed by atoms with Crippen LogP contribution in [0.4, 0.5) is 5.69 Å². The second-order valence-electron chi connectivity index (χ2n) is 4.29. The molecule has 0 aromatic carbocycles. The van der Waals surface area contributed by atoms with Crippen LogP contribution in [0.1, 0.15) is 20.8 Å². The van der Waals surface area contributed by atoms with E-state index in [4.69, 9.17) is 5.14 Å². The molecule has 0 amide bonds. The number of hydrogen-bond acceptors (Lipinski definition) is 4. The lowest BCUT2D eigenvalue weighted by atomic mass is 10.1. The molecule has 15 heavy (non-hydrogen) atoms. The first-order valence-corrected chi connectivity index (χ1v) is 6.00. The van der Waals surface area contributed by atoms with E-state index in [0.717, 1.165) is 0 Å². The van der Waals surface area contributed by atoms with E-state index in [1.807, 2.05) is 20.8 Å². The molecule has 5 nitrogen and oxygen atoms in total. The molecular formula is C9H15N3O2S. The molecule has 1 aromatic heterocycles. The highest BCUT2D eigenvalue weighted by Gasteiger charge is 2.17. The van der Waals surface area contributed by atoms with Gasteiger partial charge >= 0.3 is 0 Å². The van der Waals surface area contributed by atoms with Crippen molar-refractivity contribution in [2.24, 2.45) is 5.14 Å². The average Bonchev–Trinajstić information content (AvgIpc) is 1.99. The van der Waals surface area contributed by atoms with E-state index in [1.165, 1.54) is 12.4 Å². The van der Waals surface area contributed by atoms with Crippen molar-refractivity contribution >= 4 is 15.7 Å². The van der Waals surface area contributed by atoms with Crippen LogP contribution in [-0.2, 0) is 10.0 Å². The van der Waals surface area contributed by atoms with E-state index in [9.17, 15) is 8.42 Å². The zero-order valence-electron chi connectivity index (χ0n) is 8.98. The summed E-state index contributed by atoms with van der Waals surface area (Å²) in [5.74, 6) is 0. The van der Waals surface area contributed by atoms with Gasteiger partial charge < -0.3 is 5.32 Å². The van der Waals surface area contributed by atoms with Crippen molar-refractivity contribution in [1.29, 1.82) is 0 Å². The van der Waals surface area contributed by atoms with Crippen LogP contribution in [-0.4, -0.2) is 18.9 Å². The van der Waals surface area contributed by atoms with Gasteiger partial charge in [0.05, 0.1) is 5.69 Å². The first-order chi connectivity index (χ1) is 6.70. The maximum absolute atomic E-state index is 11.2. The quantitative estimate of drug-likeness (QED) is 0.790. The number of nitrogens with one attached hydrogen (secondary N) is 1. The molecule has 3 N–H and O–H groups in total. The summed E-state index contributed by atoms with van der Waals surface area (Å²) in [4.78, 5) is 3.76. The first-order valence-electron chi connectivity index (χ1n) is 4.45. The minimum absolute atomic E-state index is 0.0138. The van der Waals surface area contributed by atoms with Gasteiger partial charge in [0.25, 0.3) is 0 Å². The standard InChI is InChI=1S/C9H15N3O2S/c1-9(2,3)12-7-4-5-11-6-8(7)15(10,13)14/h4-6H,1-3H3,(H,11,12)(H2,10,13,14). The summed E-state index contributed by atoms with van der Waals surface area (Å²) in [5.41, 5.74) is 0.237. The van der Waals surface area contributed by atoms with Crippen LogP contribution in [0.15, 0.2) is 23.4 Å². The Morgan fingerprint density at radius 3 is 2.47 bits per heavy atom. The third kappa shape index (κ3) is 3.49. The number of hydrogen-bond donors (Lipinski definition) is 2. The summed E-state index contributed by atoms with van der Waals surface area (Å²) >= 11 is 0. The van der Waals surface area contributed by atoms with Crippen LogP contribution in [0.5, 0.6) is 0 Å². The molecular weight excluding hydrogens is 214 g/mol. The number of anilines is 1. The summed E-state index contributed by atoms with van der Waals surface area (Å²) in [5, 5.41) is 8.13. The fourth-order valence-corrected chi connectivity index (χ4v) is 1.75. The van der Waals surface area contributed by atoms with Crippen LogP contribution in [0.2, 0.25) is 0 Å². The van der Waals surface area contributed by atoms with Gasteiger partial charge in [0, 0.05) is 17.9 Å². The number of sulfonamides is 1. The van der Waals surface area contributed by atoms with Crippen molar-refractivity contribution in [2.75, 3.05) is 5.32 Å². The Morgan fingerprint density at radius 1 is 1.40 bits per heavy atom. The summed E-state index contributed by atoms with van der Waals surface area (Å²) in [6.45, 7) is 5.79.